The predicted molar refractivity (Wildman–Crippen MR) is 103 cm³/mol. The van der Waals surface area contributed by atoms with E-state index in [9.17, 15) is 13.6 Å². The van der Waals surface area contributed by atoms with Crippen molar-refractivity contribution in [3.8, 4) is 11.5 Å². The summed E-state index contributed by atoms with van der Waals surface area (Å²) >= 11 is 0. The summed E-state index contributed by atoms with van der Waals surface area (Å²) in [5.41, 5.74) is 1.85. The van der Waals surface area contributed by atoms with Crippen molar-refractivity contribution in [2.75, 3.05) is 12.4 Å². The number of hydrogen-bond acceptors (Lipinski definition) is 3. The third-order valence-electron chi connectivity index (χ3n) is 4.20. The summed E-state index contributed by atoms with van der Waals surface area (Å²) in [7, 11) is 1.53. The SMILES string of the molecule is COc1ccc(C(=O)Nc2ccc(F)cc2F)cc1COc1ccccc1C. The lowest BCUT2D eigenvalue weighted by Crippen LogP contribution is -2.14. The summed E-state index contributed by atoms with van der Waals surface area (Å²) in [6, 6.07) is 15.4. The first kappa shape index (κ1) is 19.4. The number of nitrogens with one attached hydrogen (secondary N) is 1. The number of benzene rings is 3. The van der Waals surface area contributed by atoms with Crippen LogP contribution in [0.3, 0.4) is 0 Å². The zero-order valence-corrected chi connectivity index (χ0v) is 15.5. The fourth-order valence-electron chi connectivity index (χ4n) is 2.69. The molecule has 1 amide bonds. The van der Waals surface area contributed by atoms with Gasteiger partial charge in [-0.3, -0.25) is 4.79 Å². The molecule has 0 saturated heterocycles. The molecule has 0 aliphatic heterocycles. The minimum atomic E-state index is -0.843. The lowest BCUT2D eigenvalue weighted by Gasteiger charge is -2.13. The van der Waals surface area contributed by atoms with Crippen molar-refractivity contribution < 1.29 is 23.0 Å². The summed E-state index contributed by atoms with van der Waals surface area (Å²) in [5, 5.41) is 2.44. The number of halogens is 2. The van der Waals surface area contributed by atoms with E-state index in [4.69, 9.17) is 9.47 Å². The van der Waals surface area contributed by atoms with Gasteiger partial charge in [0.05, 0.1) is 12.8 Å². The van der Waals surface area contributed by atoms with Crippen molar-refractivity contribution >= 4 is 11.6 Å². The maximum Gasteiger partial charge on any atom is 0.255 e. The van der Waals surface area contributed by atoms with Crippen LogP contribution in [0.2, 0.25) is 0 Å². The van der Waals surface area contributed by atoms with E-state index in [0.717, 1.165) is 17.4 Å². The summed E-state index contributed by atoms with van der Waals surface area (Å²) in [4.78, 5) is 12.5. The fourth-order valence-corrected chi connectivity index (χ4v) is 2.69. The smallest absolute Gasteiger partial charge is 0.255 e. The molecule has 0 aliphatic rings. The normalized spacial score (nSPS) is 10.4. The molecule has 0 fully saturated rings. The molecule has 0 radical (unpaired) electrons. The maximum absolute atomic E-state index is 13.8. The number of aryl methyl sites for hydroxylation is 1. The quantitative estimate of drug-likeness (QED) is 0.643. The van der Waals surface area contributed by atoms with Crippen LogP contribution >= 0.6 is 0 Å². The lowest BCUT2D eigenvalue weighted by molar-refractivity contribution is 0.102. The number of anilines is 1. The highest BCUT2D eigenvalue weighted by molar-refractivity contribution is 6.04. The molecule has 3 aromatic rings. The molecule has 3 aromatic carbocycles. The molecule has 0 aromatic heterocycles. The van der Waals surface area contributed by atoms with Gasteiger partial charge in [0.1, 0.15) is 29.7 Å². The van der Waals surface area contributed by atoms with Crippen molar-refractivity contribution in [3.05, 3.63) is 89.0 Å². The van der Waals surface area contributed by atoms with Crippen molar-refractivity contribution in [2.45, 2.75) is 13.5 Å². The van der Waals surface area contributed by atoms with E-state index in [0.29, 0.717) is 22.9 Å². The number of carbonyl (C=O) groups excluding carboxylic acids is 1. The van der Waals surface area contributed by atoms with Crippen LogP contribution < -0.4 is 14.8 Å². The van der Waals surface area contributed by atoms with Crippen LogP contribution in [0.1, 0.15) is 21.5 Å². The Bertz CT molecular complexity index is 1000. The number of para-hydroxylation sites is 1. The lowest BCUT2D eigenvalue weighted by atomic mass is 10.1. The highest BCUT2D eigenvalue weighted by atomic mass is 19.1. The second kappa shape index (κ2) is 8.52. The van der Waals surface area contributed by atoms with Crippen molar-refractivity contribution in [3.63, 3.8) is 0 Å². The Morgan fingerprint density at radius 1 is 1.00 bits per heavy atom. The van der Waals surface area contributed by atoms with Crippen molar-refractivity contribution in [1.29, 1.82) is 0 Å². The first-order chi connectivity index (χ1) is 13.5. The Morgan fingerprint density at radius 2 is 1.79 bits per heavy atom. The second-order valence-corrected chi connectivity index (χ2v) is 6.16. The molecule has 0 unspecified atom stereocenters. The molecule has 144 valence electrons. The number of ether oxygens (including phenoxy) is 2. The van der Waals surface area contributed by atoms with Crippen LogP contribution in [-0.4, -0.2) is 13.0 Å². The first-order valence-corrected chi connectivity index (χ1v) is 8.59. The Kier molecular flexibility index (Phi) is 5.89. The van der Waals surface area contributed by atoms with Gasteiger partial charge in [0.15, 0.2) is 0 Å². The topological polar surface area (TPSA) is 47.6 Å². The molecule has 0 spiro atoms. The highest BCUT2D eigenvalue weighted by Crippen LogP contribution is 2.24. The van der Waals surface area contributed by atoms with Crippen molar-refractivity contribution in [1.82, 2.24) is 0 Å². The Hall–Kier alpha value is -3.41. The third-order valence-corrected chi connectivity index (χ3v) is 4.20. The van der Waals surface area contributed by atoms with Gasteiger partial charge in [-0.25, -0.2) is 8.78 Å². The van der Waals surface area contributed by atoms with Gasteiger partial charge in [-0.05, 0) is 48.9 Å². The van der Waals surface area contributed by atoms with Gasteiger partial charge in [0.25, 0.3) is 5.91 Å². The zero-order chi connectivity index (χ0) is 20.1. The standard InChI is InChI=1S/C22H19F2NO3/c1-14-5-3-4-6-20(14)28-13-16-11-15(7-10-21(16)27-2)22(26)25-19-9-8-17(23)12-18(19)24/h3-12H,13H2,1-2H3,(H,25,26). The van der Waals surface area contributed by atoms with Crippen LogP contribution in [0.25, 0.3) is 0 Å². The van der Waals surface area contributed by atoms with Crippen LogP contribution in [-0.2, 0) is 6.61 Å². The van der Waals surface area contributed by atoms with E-state index in [2.05, 4.69) is 5.32 Å². The van der Waals surface area contributed by atoms with E-state index in [1.165, 1.54) is 13.2 Å². The van der Waals surface area contributed by atoms with Crippen molar-refractivity contribution in [2.24, 2.45) is 0 Å². The minimum absolute atomic E-state index is 0.0973. The van der Waals surface area contributed by atoms with Gasteiger partial charge in [-0.1, -0.05) is 18.2 Å². The molecule has 6 heteroatoms. The first-order valence-electron chi connectivity index (χ1n) is 8.59. The van der Waals surface area contributed by atoms with E-state index in [1.54, 1.807) is 18.2 Å². The number of rotatable bonds is 6. The average molecular weight is 383 g/mol. The average Bonchev–Trinajstić information content (AvgIpc) is 2.69. The van der Waals surface area contributed by atoms with Gasteiger partial charge in [-0.15, -0.1) is 0 Å². The van der Waals surface area contributed by atoms with Gasteiger partial charge in [0.2, 0.25) is 0 Å². The number of amides is 1. The molecule has 0 saturated carbocycles. The van der Waals surface area contributed by atoms with Crippen LogP contribution in [0, 0.1) is 18.6 Å². The molecule has 0 atom stereocenters. The number of carbonyl (C=O) groups is 1. The Labute approximate surface area is 161 Å². The second-order valence-electron chi connectivity index (χ2n) is 6.16. The van der Waals surface area contributed by atoms with Gasteiger partial charge in [0, 0.05) is 17.2 Å². The maximum atomic E-state index is 13.8. The third kappa shape index (κ3) is 4.46. The largest absolute Gasteiger partial charge is 0.496 e. The molecular formula is C22H19F2NO3. The summed E-state index contributed by atoms with van der Waals surface area (Å²) < 4.78 is 38.0. The molecule has 4 nitrogen and oxygen atoms in total. The summed E-state index contributed by atoms with van der Waals surface area (Å²) in [5.74, 6) is -0.781. The molecule has 28 heavy (non-hydrogen) atoms. The summed E-state index contributed by atoms with van der Waals surface area (Å²) in [6.45, 7) is 2.13. The molecule has 3 rings (SSSR count). The monoisotopic (exact) mass is 383 g/mol. The molecule has 0 bridgehead atoms. The van der Waals surface area contributed by atoms with E-state index in [-0.39, 0.29) is 12.3 Å². The Balaban J connectivity index is 1.79. The molecular weight excluding hydrogens is 364 g/mol. The minimum Gasteiger partial charge on any atom is -0.496 e. The van der Waals surface area contributed by atoms with E-state index >= 15 is 0 Å². The zero-order valence-electron chi connectivity index (χ0n) is 15.5. The highest BCUT2D eigenvalue weighted by Gasteiger charge is 2.14. The van der Waals surface area contributed by atoms with Crippen LogP contribution in [0.4, 0.5) is 14.5 Å². The predicted octanol–water partition coefficient (Wildman–Crippen LogP) is 5.11. The summed E-state index contributed by atoms with van der Waals surface area (Å²) in [6.07, 6.45) is 0. The van der Waals surface area contributed by atoms with Crippen LogP contribution in [0.5, 0.6) is 11.5 Å². The van der Waals surface area contributed by atoms with Gasteiger partial charge in [-0.2, -0.15) is 0 Å². The van der Waals surface area contributed by atoms with Gasteiger partial charge >= 0.3 is 0 Å². The molecule has 0 aliphatic carbocycles. The molecule has 0 heterocycles. The molecule has 1 N–H and O–H groups in total. The van der Waals surface area contributed by atoms with Crippen LogP contribution in [0.15, 0.2) is 60.7 Å². The van der Waals surface area contributed by atoms with E-state index in [1.807, 2.05) is 31.2 Å². The fraction of sp³-hybridized carbons (Fsp3) is 0.136. The van der Waals surface area contributed by atoms with E-state index < -0.39 is 17.5 Å². The number of methoxy groups -OCH3 is 1. The Morgan fingerprint density at radius 3 is 2.50 bits per heavy atom. The number of hydrogen-bond donors (Lipinski definition) is 1. The van der Waals surface area contributed by atoms with Gasteiger partial charge < -0.3 is 14.8 Å².